The molecule has 1 N–H and O–H groups in total. The SMILES string of the molecule is O=c1cc(Oc2cccc3ccccc23)nc[nH]1. The number of aromatic amines is 1. The van der Waals surface area contributed by atoms with Gasteiger partial charge in [0.25, 0.3) is 5.56 Å². The van der Waals surface area contributed by atoms with Gasteiger partial charge in [0, 0.05) is 5.39 Å². The molecule has 0 atom stereocenters. The van der Waals surface area contributed by atoms with Gasteiger partial charge in [-0.2, -0.15) is 0 Å². The third-order valence-electron chi connectivity index (χ3n) is 2.62. The molecule has 0 radical (unpaired) electrons. The molecule has 3 aromatic rings. The molecular weight excluding hydrogens is 228 g/mol. The maximum absolute atomic E-state index is 11.2. The second-order valence-corrected chi connectivity index (χ2v) is 3.83. The number of nitrogens with one attached hydrogen (secondary N) is 1. The summed E-state index contributed by atoms with van der Waals surface area (Å²) in [5.74, 6) is 0.973. The Balaban J connectivity index is 2.07. The number of H-pyrrole nitrogens is 1. The fourth-order valence-corrected chi connectivity index (χ4v) is 1.80. The Labute approximate surface area is 103 Å². The number of ether oxygens (including phenoxy) is 1. The lowest BCUT2D eigenvalue weighted by molar-refractivity contribution is 0.466. The van der Waals surface area contributed by atoms with E-state index in [4.69, 9.17) is 4.74 Å². The van der Waals surface area contributed by atoms with Crippen molar-refractivity contribution in [2.45, 2.75) is 0 Å². The van der Waals surface area contributed by atoms with E-state index >= 15 is 0 Å². The van der Waals surface area contributed by atoms with E-state index in [0.717, 1.165) is 10.8 Å². The van der Waals surface area contributed by atoms with Crippen molar-refractivity contribution in [3.63, 3.8) is 0 Å². The minimum absolute atomic E-state index is 0.236. The molecule has 0 aliphatic rings. The summed E-state index contributed by atoms with van der Waals surface area (Å²) in [6, 6.07) is 15.0. The van der Waals surface area contributed by atoms with Crippen molar-refractivity contribution >= 4 is 10.8 Å². The molecule has 1 aromatic heterocycles. The van der Waals surface area contributed by atoms with Crippen LogP contribution in [0.5, 0.6) is 11.6 Å². The second-order valence-electron chi connectivity index (χ2n) is 3.83. The van der Waals surface area contributed by atoms with Crippen LogP contribution in [0.25, 0.3) is 10.8 Å². The van der Waals surface area contributed by atoms with Crippen LogP contribution >= 0.6 is 0 Å². The molecule has 0 saturated heterocycles. The maximum atomic E-state index is 11.2. The number of hydrogen-bond donors (Lipinski definition) is 1. The van der Waals surface area contributed by atoms with Gasteiger partial charge in [-0.3, -0.25) is 4.79 Å². The first-order valence-electron chi connectivity index (χ1n) is 5.53. The fourth-order valence-electron chi connectivity index (χ4n) is 1.80. The van der Waals surface area contributed by atoms with Crippen LogP contribution in [0.15, 0.2) is 59.7 Å². The van der Waals surface area contributed by atoms with Crippen molar-refractivity contribution in [1.29, 1.82) is 0 Å². The Kier molecular flexibility index (Phi) is 2.53. The average molecular weight is 238 g/mol. The lowest BCUT2D eigenvalue weighted by atomic mass is 10.1. The monoisotopic (exact) mass is 238 g/mol. The van der Waals surface area contributed by atoms with Crippen molar-refractivity contribution in [1.82, 2.24) is 9.97 Å². The van der Waals surface area contributed by atoms with Crippen molar-refractivity contribution in [3.05, 3.63) is 65.2 Å². The summed E-state index contributed by atoms with van der Waals surface area (Å²) in [4.78, 5) is 17.6. The minimum atomic E-state index is -0.236. The van der Waals surface area contributed by atoms with E-state index in [1.807, 2.05) is 42.5 Å². The summed E-state index contributed by atoms with van der Waals surface area (Å²) in [5.41, 5.74) is -0.236. The normalized spacial score (nSPS) is 10.4. The number of hydrogen-bond acceptors (Lipinski definition) is 3. The van der Waals surface area contributed by atoms with Crippen LogP contribution in [0.3, 0.4) is 0 Å². The lowest BCUT2D eigenvalue weighted by Crippen LogP contribution is -2.04. The zero-order valence-corrected chi connectivity index (χ0v) is 9.46. The number of rotatable bonds is 2. The van der Waals surface area contributed by atoms with E-state index < -0.39 is 0 Å². The van der Waals surface area contributed by atoms with Gasteiger partial charge in [0.05, 0.1) is 12.4 Å². The molecule has 0 aliphatic carbocycles. The molecule has 0 amide bonds. The molecule has 0 saturated carbocycles. The Morgan fingerprint density at radius 2 is 1.89 bits per heavy atom. The molecule has 0 unspecified atom stereocenters. The van der Waals surface area contributed by atoms with E-state index in [9.17, 15) is 4.79 Å². The van der Waals surface area contributed by atoms with Gasteiger partial charge < -0.3 is 9.72 Å². The van der Waals surface area contributed by atoms with Gasteiger partial charge in [-0.1, -0.05) is 36.4 Å². The van der Waals surface area contributed by atoms with Gasteiger partial charge in [0.15, 0.2) is 0 Å². The number of nitrogens with zero attached hydrogens (tertiary/aromatic N) is 1. The highest BCUT2D eigenvalue weighted by Gasteiger charge is 2.03. The van der Waals surface area contributed by atoms with Crippen molar-refractivity contribution in [2.24, 2.45) is 0 Å². The fraction of sp³-hybridized carbons (Fsp3) is 0. The molecule has 4 nitrogen and oxygen atoms in total. The van der Waals surface area contributed by atoms with Crippen molar-refractivity contribution in [3.8, 4) is 11.6 Å². The third kappa shape index (κ3) is 1.96. The average Bonchev–Trinajstić information content (AvgIpc) is 2.39. The van der Waals surface area contributed by atoms with Crippen molar-refractivity contribution < 1.29 is 4.74 Å². The van der Waals surface area contributed by atoms with Crippen LogP contribution in [-0.4, -0.2) is 9.97 Å². The Morgan fingerprint density at radius 1 is 1.06 bits per heavy atom. The van der Waals surface area contributed by atoms with E-state index in [-0.39, 0.29) is 11.4 Å². The molecule has 18 heavy (non-hydrogen) atoms. The van der Waals surface area contributed by atoms with Gasteiger partial charge >= 0.3 is 0 Å². The highest BCUT2D eigenvalue weighted by atomic mass is 16.5. The van der Waals surface area contributed by atoms with Crippen LogP contribution in [0.4, 0.5) is 0 Å². The van der Waals surface area contributed by atoms with Crippen LogP contribution < -0.4 is 10.3 Å². The van der Waals surface area contributed by atoms with E-state index in [1.54, 1.807) is 0 Å². The number of aromatic nitrogens is 2. The summed E-state index contributed by atoms with van der Waals surface area (Å²) in [5, 5.41) is 2.07. The van der Waals surface area contributed by atoms with Gasteiger partial charge in [-0.25, -0.2) is 4.98 Å². The topological polar surface area (TPSA) is 55.0 Å². The molecule has 0 fully saturated rings. The number of benzene rings is 2. The van der Waals surface area contributed by atoms with Crippen LogP contribution in [0, 0.1) is 0 Å². The first-order valence-corrected chi connectivity index (χ1v) is 5.53. The smallest absolute Gasteiger partial charge is 0.254 e. The summed E-state index contributed by atoms with van der Waals surface area (Å²) >= 11 is 0. The van der Waals surface area contributed by atoms with E-state index in [0.29, 0.717) is 5.75 Å². The van der Waals surface area contributed by atoms with Gasteiger partial charge in [0.2, 0.25) is 5.88 Å². The maximum Gasteiger partial charge on any atom is 0.254 e. The van der Waals surface area contributed by atoms with E-state index in [1.165, 1.54) is 12.4 Å². The summed E-state index contributed by atoms with van der Waals surface area (Å²) in [6.07, 6.45) is 1.32. The van der Waals surface area contributed by atoms with Crippen LogP contribution in [-0.2, 0) is 0 Å². The predicted molar refractivity (Wildman–Crippen MR) is 68.9 cm³/mol. The largest absolute Gasteiger partial charge is 0.438 e. The summed E-state index contributed by atoms with van der Waals surface area (Å²) < 4.78 is 5.64. The molecule has 0 bridgehead atoms. The van der Waals surface area contributed by atoms with Gasteiger partial charge in [0.1, 0.15) is 5.75 Å². The molecule has 1 heterocycles. The zero-order valence-electron chi connectivity index (χ0n) is 9.46. The predicted octanol–water partition coefficient (Wildman–Crippen LogP) is 2.72. The molecule has 3 rings (SSSR count). The molecule has 2 aromatic carbocycles. The summed E-state index contributed by atoms with van der Waals surface area (Å²) in [6.45, 7) is 0. The third-order valence-corrected chi connectivity index (χ3v) is 2.62. The van der Waals surface area contributed by atoms with Crippen LogP contribution in [0.2, 0.25) is 0 Å². The quantitative estimate of drug-likeness (QED) is 0.746. The minimum Gasteiger partial charge on any atom is -0.438 e. The Morgan fingerprint density at radius 3 is 2.78 bits per heavy atom. The Hall–Kier alpha value is -2.62. The molecule has 0 spiro atoms. The standard InChI is InChI=1S/C14H10N2O2/c17-13-8-14(16-9-15-13)18-12-7-3-5-10-4-1-2-6-11(10)12/h1-9H,(H,15,16,17). The van der Waals surface area contributed by atoms with E-state index in [2.05, 4.69) is 9.97 Å². The van der Waals surface area contributed by atoms with Gasteiger partial charge in [-0.05, 0) is 11.5 Å². The lowest BCUT2D eigenvalue weighted by Gasteiger charge is -2.07. The Bertz CT molecular complexity index is 744. The molecule has 88 valence electrons. The van der Waals surface area contributed by atoms with Gasteiger partial charge in [-0.15, -0.1) is 0 Å². The number of fused-ring (bicyclic) bond motifs is 1. The highest BCUT2D eigenvalue weighted by Crippen LogP contribution is 2.28. The van der Waals surface area contributed by atoms with Crippen LogP contribution in [0.1, 0.15) is 0 Å². The second kappa shape index (κ2) is 4.33. The highest BCUT2D eigenvalue weighted by molar-refractivity contribution is 5.88. The molecule has 4 heteroatoms. The summed E-state index contributed by atoms with van der Waals surface area (Å²) in [7, 11) is 0. The first kappa shape index (κ1) is 10.5. The molecular formula is C14H10N2O2. The zero-order chi connectivity index (χ0) is 12.4. The molecule has 0 aliphatic heterocycles. The van der Waals surface area contributed by atoms with Crippen molar-refractivity contribution in [2.75, 3.05) is 0 Å². The first-order chi connectivity index (χ1) is 8.83.